The van der Waals surface area contributed by atoms with Crippen molar-refractivity contribution in [3.8, 4) is 0 Å². The molecule has 116 valence electrons. The molecule has 1 heterocycles. The molecule has 3 nitrogen and oxygen atoms in total. The van der Waals surface area contributed by atoms with E-state index >= 15 is 0 Å². The quantitative estimate of drug-likeness (QED) is 0.754. The summed E-state index contributed by atoms with van der Waals surface area (Å²) in [5, 5.41) is 3.31. The number of carbonyl (C=O) groups is 2. The highest BCUT2D eigenvalue weighted by Crippen LogP contribution is 2.28. The van der Waals surface area contributed by atoms with Crippen molar-refractivity contribution in [1.82, 2.24) is 4.90 Å². The maximum absolute atomic E-state index is 11.4. The van der Waals surface area contributed by atoms with Crippen molar-refractivity contribution in [3.05, 3.63) is 34.7 Å². The number of nitrogens with zero attached hydrogens (tertiary/aromatic N) is 1. The molecule has 0 unspecified atom stereocenters. The average molecular weight is 315 g/mol. The molecule has 22 heavy (non-hydrogen) atoms. The van der Waals surface area contributed by atoms with E-state index in [0.29, 0.717) is 11.6 Å². The van der Waals surface area contributed by atoms with E-state index in [1.54, 1.807) is 11.3 Å². The van der Waals surface area contributed by atoms with E-state index in [1.807, 2.05) is 23.1 Å². The molecule has 1 aromatic heterocycles. The number of thiophene rings is 1. The number of aldehydes is 1. The van der Waals surface area contributed by atoms with Crippen molar-refractivity contribution in [2.75, 3.05) is 6.54 Å². The van der Waals surface area contributed by atoms with Crippen LogP contribution in [0.25, 0.3) is 10.1 Å². The Morgan fingerprint density at radius 2 is 2.00 bits per heavy atom. The van der Waals surface area contributed by atoms with Crippen LogP contribution in [0.1, 0.15) is 48.0 Å². The van der Waals surface area contributed by atoms with Gasteiger partial charge in [0.05, 0.1) is 0 Å². The standard InChI is InChI=1S/C18H21NO2S/c20-11-14-6-7-18-17(10-14)15(12-22-18)8-9-19(13-21)16-4-2-1-3-5-16/h6-7,10-13,16H,1-5,8-9H2. The number of hydrogen-bond acceptors (Lipinski definition) is 3. The Balaban J connectivity index is 1.72. The average Bonchev–Trinajstić information content (AvgIpc) is 2.98. The molecular weight excluding hydrogens is 294 g/mol. The first-order valence-corrected chi connectivity index (χ1v) is 8.86. The second-order valence-corrected chi connectivity index (χ2v) is 6.93. The van der Waals surface area contributed by atoms with Crippen molar-refractivity contribution >= 4 is 34.1 Å². The molecule has 3 rings (SSSR count). The molecule has 2 aromatic rings. The lowest BCUT2D eigenvalue weighted by molar-refractivity contribution is -0.120. The molecule has 1 aliphatic carbocycles. The summed E-state index contributed by atoms with van der Waals surface area (Å²) >= 11 is 1.71. The molecule has 0 radical (unpaired) electrons. The number of amides is 1. The fraction of sp³-hybridized carbons (Fsp3) is 0.444. The van der Waals surface area contributed by atoms with Gasteiger partial charge in [0, 0.05) is 22.8 Å². The van der Waals surface area contributed by atoms with Gasteiger partial charge in [-0.2, -0.15) is 0 Å². The van der Waals surface area contributed by atoms with Gasteiger partial charge in [0.15, 0.2) is 0 Å². The minimum atomic E-state index is 0.418. The molecule has 1 fully saturated rings. The lowest BCUT2D eigenvalue weighted by atomic mass is 9.94. The molecule has 0 bridgehead atoms. The van der Waals surface area contributed by atoms with E-state index in [9.17, 15) is 9.59 Å². The minimum absolute atomic E-state index is 0.418. The third-order valence-corrected chi connectivity index (χ3v) is 5.64. The first-order chi connectivity index (χ1) is 10.8. The maximum Gasteiger partial charge on any atom is 0.209 e. The molecule has 4 heteroatoms. The van der Waals surface area contributed by atoms with Crippen molar-refractivity contribution in [1.29, 1.82) is 0 Å². The van der Waals surface area contributed by atoms with Crippen LogP contribution in [0.3, 0.4) is 0 Å². The lowest BCUT2D eigenvalue weighted by Crippen LogP contribution is -2.37. The third kappa shape index (κ3) is 3.22. The molecule has 0 saturated heterocycles. The van der Waals surface area contributed by atoms with Gasteiger partial charge in [-0.05, 0) is 47.7 Å². The maximum atomic E-state index is 11.4. The van der Waals surface area contributed by atoms with Crippen LogP contribution >= 0.6 is 11.3 Å². The summed E-state index contributed by atoms with van der Waals surface area (Å²) < 4.78 is 1.20. The normalized spacial score (nSPS) is 15.8. The fourth-order valence-electron chi connectivity index (χ4n) is 3.35. The second kappa shape index (κ2) is 7.05. The SMILES string of the molecule is O=Cc1ccc2scc(CCN(C=O)C3CCCCC3)c2c1. The van der Waals surface area contributed by atoms with E-state index in [1.165, 1.54) is 29.5 Å². The Kier molecular flexibility index (Phi) is 4.88. The summed E-state index contributed by atoms with van der Waals surface area (Å²) in [7, 11) is 0. The van der Waals surface area contributed by atoms with Crippen LogP contribution in [-0.2, 0) is 11.2 Å². The van der Waals surface area contributed by atoms with E-state index in [-0.39, 0.29) is 0 Å². The van der Waals surface area contributed by atoms with Gasteiger partial charge in [-0.25, -0.2) is 0 Å². The second-order valence-electron chi connectivity index (χ2n) is 6.02. The topological polar surface area (TPSA) is 37.4 Å². The van der Waals surface area contributed by atoms with E-state index in [4.69, 9.17) is 0 Å². The number of fused-ring (bicyclic) bond motifs is 1. The highest BCUT2D eigenvalue weighted by atomic mass is 32.1. The van der Waals surface area contributed by atoms with Crippen molar-refractivity contribution in [2.24, 2.45) is 0 Å². The summed E-state index contributed by atoms with van der Waals surface area (Å²) in [4.78, 5) is 24.3. The van der Waals surface area contributed by atoms with Crippen LogP contribution < -0.4 is 0 Å². The first kappa shape index (κ1) is 15.2. The monoisotopic (exact) mass is 315 g/mol. The van der Waals surface area contributed by atoms with Gasteiger partial charge in [-0.1, -0.05) is 25.3 Å². The molecule has 1 aliphatic rings. The summed E-state index contributed by atoms with van der Waals surface area (Å²) in [6, 6.07) is 6.24. The van der Waals surface area contributed by atoms with E-state index in [0.717, 1.165) is 43.9 Å². The Hall–Kier alpha value is -1.68. The zero-order valence-electron chi connectivity index (χ0n) is 12.7. The van der Waals surface area contributed by atoms with Gasteiger partial charge in [-0.3, -0.25) is 9.59 Å². The lowest BCUT2D eigenvalue weighted by Gasteiger charge is -2.31. The van der Waals surface area contributed by atoms with Gasteiger partial charge in [0.1, 0.15) is 6.29 Å². The van der Waals surface area contributed by atoms with Crippen LogP contribution in [0.5, 0.6) is 0 Å². The summed E-state index contributed by atoms with van der Waals surface area (Å²) in [5.74, 6) is 0. The molecule has 0 N–H and O–H groups in total. The molecule has 1 saturated carbocycles. The zero-order chi connectivity index (χ0) is 15.4. The molecule has 0 aliphatic heterocycles. The van der Waals surface area contributed by atoms with Crippen LogP contribution in [0, 0.1) is 0 Å². The molecule has 1 amide bonds. The van der Waals surface area contributed by atoms with Crippen LogP contribution in [0.15, 0.2) is 23.6 Å². The van der Waals surface area contributed by atoms with Gasteiger partial charge < -0.3 is 4.90 Å². The van der Waals surface area contributed by atoms with Gasteiger partial charge in [0.2, 0.25) is 6.41 Å². The largest absolute Gasteiger partial charge is 0.342 e. The highest BCUT2D eigenvalue weighted by molar-refractivity contribution is 7.17. The Morgan fingerprint density at radius 1 is 1.18 bits per heavy atom. The van der Waals surface area contributed by atoms with E-state index < -0.39 is 0 Å². The number of carbonyl (C=O) groups excluding carboxylic acids is 2. The van der Waals surface area contributed by atoms with Crippen LogP contribution in [0.2, 0.25) is 0 Å². The fourth-order valence-corrected chi connectivity index (χ4v) is 4.33. The summed E-state index contributed by atoms with van der Waals surface area (Å²) in [5.41, 5.74) is 1.96. The summed E-state index contributed by atoms with van der Waals surface area (Å²) in [6.07, 6.45) is 8.81. The van der Waals surface area contributed by atoms with Crippen LogP contribution in [-0.4, -0.2) is 30.2 Å². The first-order valence-electron chi connectivity index (χ1n) is 7.98. The number of rotatable bonds is 6. The van der Waals surface area contributed by atoms with Crippen molar-refractivity contribution < 1.29 is 9.59 Å². The Morgan fingerprint density at radius 3 is 2.73 bits per heavy atom. The number of hydrogen-bond donors (Lipinski definition) is 0. The van der Waals surface area contributed by atoms with Crippen LogP contribution in [0.4, 0.5) is 0 Å². The smallest absolute Gasteiger partial charge is 0.209 e. The zero-order valence-corrected chi connectivity index (χ0v) is 13.5. The third-order valence-electron chi connectivity index (χ3n) is 4.63. The Bertz CT molecular complexity index is 658. The van der Waals surface area contributed by atoms with Crippen molar-refractivity contribution in [3.63, 3.8) is 0 Å². The van der Waals surface area contributed by atoms with Gasteiger partial charge in [0.25, 0.3) is 0 Å². The Labute approximate surface area is 134 Å². The van der Waals surface area contributed by atoms with Gasteiger partial charge >= 0.3 is 0 Å². The predicted octanol–water partition coefficient (Wildman–Crippen LogP) is 4.05. The minimum Gasteiger partial charge on any atom is -0.342 e. The molecule has 0 atom stereocenters. The molecular formula is C18H21NO2S. The number of benzene rings is 1. The van der Waals surface area contributed by atoms with Gasteiger partial charge in [-0.15, -0.1) is 11.3 Å². The summed E-state index contributed by atoms with van der Waals surface area (Å²) in [6.45, 7) is 0.769. The highest BCUT2D eigenvalue weighted by Gasteiger charge is 2.19. The molecule has 1 aromatic carbocycles. The molecule has 0 spiro atoms. The van der Waals surface area contributed by atoms with E-state index in [2.05, 4.69) is 5.38 Å². The van der Waals surface area contributed by atoms with Crippen molar-refractivity contribution in [2.45, 2.75) is 44.6 Å². The predicted molar refractivity (Wildman–Crippen MR) is 90.6 cm³/mol.